The van der Waals surface area contributed by atoms with Crippen LogP contribution in [0.5, 0.6) is 0 Å². The fourth-order valence-corrected chi connectivity index (χ4v) is 4.79. The van der Waals surface area contributed by atoms with Crippen LogP contribution in [0.2, 0.25) is 0 Å². The summed E-state index contributed by atoms with van der Waals surface area (Å²) in [5.41, 5.74) is 1.71. The third-order valence-electron chi connectivity index (χ3n) is 5.26. The third kappa shape index (κ3) is 3.82. The summed E-state index contributed by atoms with van der Waals surface area (Å²) < 4.78 is 10.4. The molecule has 0 unspecified atom stereocenters. The topological polar surface area (TPSA) is 80.1 Å². The van der Waals surface area contributed by atoms with E-state index >= 15 is 0 Å². The monoisotopic (exact) mass is 402 g/mol. The molecule has 2 amide bonds. The average Bonchev–Trinajstić information content (AvgIpc) is 3.41. The van der Waals surface area contributed by atoms with Crippen LogP contribution in [0.25, 0.3) is 0 Å². The minimum atomic E-state index is -0.417. The minimum Gasteiger partial charge on any atom is -0.459 e. The van der Waals surface area contributed by atoms with Gasteiger partial charge in [0, 0.05) is 36.4 Å². The number of esters is 1. The first-order chi connectivity index (χ1) is 13.6. The lowest BCUT2D eigenvalue weighted by atomic mass is 9.96. The molecule has 0 aromatic carbocycles. The molecular formula is C20H22N2O5S. The molecule has 1 aliphatic heterocycles. The van der Waals surface area contributed by atoms with Crippen molar-refractivity contribution in [1.29, 1.82) is 0 Å². The van der Waals surface area contributed by atoms with Crippen molar-refractivity contribution in [3.63, 3.8) is 0 Å². The Labute approximate surface area is 166 Å². The van der Waals surface area contributed by atoms with Gasteiger partial charge in [0.05, 0.1) is 11.8 Å². The van der Waals surface area contributed by atoms with E-state index in [1.54, 1.807) is 33.3 Å². The number of piperazine rings is 1. The van der Waals surface area contributed by atoms with E-state index in [0.717, 1.165) is 31.2 Å². The van der Waals surface area contributed by atoms with E-state index < -0.39 is 5.97 Å². The van der Waals surface area contributed by atoms with E-state index in [4.69, 9.17) is 9.15 Å². The molecule has 2 aromatic heterocycles. The van der Waals surface area contributed by atoms with E-state index in [0.29, 0.717) is 37.5 Å². The van der Waals surface area contributed by atoms with Crippen LogP contribution >= 0.6 is 11.3 Å². The van der Waals surface area contributed by atoms with E-state index in [1.165, 1.54) is 11.1 Å². The molecule has 0 N–H and O–H groups in total. The SMILES string of the molecule is O=C(OCC(=O)N1CCN(C(=O)c2ccco2)CC1)c1csc2c1CCCC2. The third-order valence-corrected chi connectivity index (χ3v) is 6.35. The summed E-state index contributed by atoms with van der Waals surface area (Å²) in [6.07, 6.45) is 5.64. The van der Waals surface area contributed by atoms with Crippen LogP contribution in [0.3, 0.4) is 0 Å². The van der Waals surface area contributed by atoms with Crippen LogP contribution in [-0.4, -0.2) is 60.4 Å². The largest absolute Gasteiger partial charge is 0.459 e. The summed E-state index contributed by atoms with van der Waals surface area (Å²) in [4.78, 5) is 41.6. The van der Waals surface area contributed by atoms with Gasteiger partial charge in [0.15, 0.2) is 12.4 Å². The zero-order chi connectivity index (χ0) is 19.5. The quantitative estimate of drug-likeness (QED) is 0.734. The zero-order valence-electron chi connectivity index (χ0n) is 15.5. The highest BCUT2D eigenvalue weighted by molar-refractivity contribution is 7.10. The average molecular weight is 402 g/mol. The Morgan fingerprint density at radius 1 is 1.07 bits per heavy atom. The number of carbonyl (C=O) groups is 3. The number of amides is 2. The molecule has 4 rings (SSSR count). The fourth-order valence-electron chi connectivity index (χ4n) is 3.68. The summed E-state index contributed by atoms with van der Waals surface area (Å²) >= 11 is 1.60. The van der Waals surface area contributed by atoms with Crippen molar-refractivity contribution < 1.29 is 23.5 Å². The highest BCUT2D eigenvalue weighted by Gasteiger charge is 2.27. The number of thiophene rings is 1. The molecule has 0 radical (unpaired) electrons. The lowest BCUT2D eigenvalue weighted by molar-refractivity contribution is -0.136. The molecule has 1 fully saturated rings. The molecule has 0 spiro atoms. The van der Waals surface area contributed by atoms with Crippen LogP contribution in [0, 0.1) is 0 Å². The Bertz CT molecular complexity index is 865. The highest BCUT2D eigenvalue weighted by atomic mass is 32.1. The Morgan fingerprint density at radius 3 is 2.57 bits per heavy atom. The number of aryl methyl sites for hydroxylation is 1. The summed E-state index contributed by atoms with van der Waals surface area (Å²) in [6.45, 7) is 1.41. The van der Waals surface area contributed by atoms with Gasteiger partial charge in [-0.05, 0) is 43.4 Å². The van der Waals surface area contributed by atoms with Crippen LogP contribution in [0.15, 0.2) is 28.2 Å². The summed E-state index contributed by atoms with van der Waals surface area (Å²) in [7, 11) is 0. The summed E-state index contributed by atoms with van der Waals surface area (Å²) in [5, 5.41) is 1.85. The van der Waals surface area contributed by atoms with Gasteiger partial charge in [0.25, 0.3) is 11.8 Å². The van der Waals surface area contributed by atoms with Crippen molar-refractivity contribution in [1.82, 2.24) is 9.80 Å². The molecule has 1 aliphatic carbocycles. The fraction of sp³-hybridized carbons (Fsp3) is 0.450. The molecule has 7 nitrogen and oxygen atoms in total. The van der Waals surface area contributed by atoms with Crippen LogP contribution in [0.4, 0.5) is 0 Å². The second-order valence-corrected chi connectivity index (χ2v) is 7.95. The molecular weight excluding hydrogens is 380 g/mol. The standard InChI is InChI=1S/C20H22N2O5S/c23-18(12-27-20(25)15-13-28-17-6-2-1-4-14(15)17)21-7-9-22(10-8-21)19(24)16-5-3-11-26-16/h3,5,11,13H,1-2,4,6-10,12H2. The van der Waals surface area contributed by atoms with Gasteiger partial charge < -0.3 is 19.0 Å². The summed E-state index contributed by atoms with van der Waals surface area (Å²) in [6, 6.07) is 3.30. The molecule has 1 saturated heterocycles. The molecule has 148 valence electrons. The first-order valence-electron chi connectivity index (χ1n) is 9.50. The van der Waals surface area contributed by atoms with Gasteiger partial charge in [-0.15, -0.1) is 11.3 Å². The van der Waals surface area contributed by atoms with Crippen molar-refractivity contribution in [2.75, 3.05) is 32.8 Å². The molecule has 28 heavy (non-hydrogen) atoms. The number of furan rings is 1. The Hall–Kier alpha value is -2.61. The number of hydrogen-bond acceptors (Lipinski definition) is 6. The van der Waals surface area contributed by atoms with Crippen LogP contribution < -0.4 is 0 Å². The normalized spacial score (nSPS) is 16.6. The zero-order valence-corrected chi connectivity index (χ0v) is 16.3. The molecule has 0 atom stereocenters. The van der Waals surface area contributed by atoms with Crippen molar-refractivity contribution in [3.8, 4) is 0 Å². The van der Waals surface area contributed by atoms with E-state index in [-0.39, 0.29) is 18.4 Å². The van der Waals surface area contributed by atoms with E-state index in [2.05, 4.69) is 0 Å². The first kappa shape index (κ1) is 18.7. The number of ether oxygens (including phenoxy) is 1. The van der Waals surface area contributed by atoms with Gasteiger partial charge in [-0.1, -0.05) is 0 Å². The maximum Gasteiger partial charge on any atom is 0.339 e. The first-order valence-corrected chi connectivity index (χ1v) is 10.4. The summed E-state index contributed by atoms with van der Waals surface area (Å²) in [5.74, 6) is -0.527. The number of fused-ring (bicyclic) bond motifs is 1. The Morgan fingerprint density at radius 2 is 1.82 bits per heavy atom. The smallest absolute Gasteiger partial charge is 0.339 e. The molecule has 0 bridgehead atoms. The lowest BCUT2D eigenvalue weighted by Gasteiger charge is -2.34. The maximum absolute atomic E-state index is 12.4. The van der Waals surface area contributed by atoms with Gasteiger partial charge in [0.1, 0.15) is 0 Å². The van der Waals surface area contributed by atoms with Gasteiger partial charge in [0.2, 0.25) is 0 Å². The number of nitrogens with zero attached hydrogens (tertiary/aromatic N) is 2. The second-order valence-electron chi connectivity index (χ2n) is 6.98. The van der Waals surface area contributed by atoms with Gasteiger partial charge >= 0.3 is 5.97 Å². The van der Waals surface area contributed by atoms with Crippen LogP contribution in [0.1, 0.15) is 44.2 Å². The van der Waals surface area contributed by atoms with Gasteiger partial charge in [-0.25, -0.2) is 4.79 Å². The Kier molecular flexibility index (Phi) is 5.47. The van der Waals surface area contributed by atoms with E-state index in [1.807, 2.05) is 5.38 Å². The maximum atomic E-state index is 12.4. The Balaban J connectivity index is 1.26. The molecule has 3 heterocycles. The van der Waals surface area contributed by atoms with Crippen molar-refractivity contribution >= 4 is 29.1 Å². The molecule has 2 aliphatic rings. The highest BCUT2D eigenvalue weighted by Crippen LogP contribution is 2.30. The van der Waals surface area contributed by atoms with E-state index in [9.17, 15) is 14.4 Å². The molecule has 0 saturated carbocycles. The number of rotatable bonds is 4. The van der Waals surface area contributed by atoms with Crippen molar-refractivity contribution in [3.05, 3.63) is 45.5 Å². The minimum absolute atomic E-state index is 0.175. The molecule has 8 heteroatoms. The van der Waals surface area contributed by atoms with Gasteiger partial charge in [-0.2, -0.15) is 0 Å². The van der Waals surface area contributed by atoms with Gasteiger partial charge in [-0.3, -0.25) is 9.59 Å². The second kappa shape index (κ2) is 8.18. The van der Waals surface area contributed by atoms with Crippen molar-refractivity contribution in [2.45, 2.75) is 25.7 Å². The predicted molar refractivity (Wildman–Crippen MR) is 102 cm³/mol. The molecule has 2 aromatic rings. The predicted octanol–water partition coefficient (Wildman–Crippen LogP) is 2.36. The van der Waals surface area contributed by atoms with Crippen LogP contribution in [-0.2, 0) is 22.4 Å². The lowest BCUT2D eigenvalue weighted by Crippen LogP contribution is -2.51. The van der Waals surface area contributed by atoms with Crippen molar-refractivity contribution in [2.24, 2.45) is 0 Å². The number of carbonyl (C=O) groups excluding carboxylic acids is 3. The number of hydrogen-bond donors (Lipinski definition) is 0.